The molecule has 1 N–H and O–H groups in total. The molecule has 2 aromatic heterocycles. The number of aliphatic hydroxyl groups is 1. The molecule has 6 nitrogen and oxygen atoms in total. The lowest BCUT2D eigenvalue weighted by Gasteiger charge is -2.36. The second-order valence-corrected chi connectivity index (χ2v) is 6.07. The van der Waals surface area contributed by atoms with Crippen LogP contribution in [0, 0.1) is 0 Å². The Kier molecular flexibility index (Phi) is 3.18. The van der Waals surface area contributed by atoms with Crippen LogP contribution in [0.3, 0.4) is 0 Å². The van der Waals surface area contributed by atoms with E-state index in [1.54, 1.807) is 22.7 Å². The third-order valence-electron chi connectivity index (χ3n) is 3.56. The van der Waals surface area contributed by atoms with Gasteiger partial charge in [0.1, 0.15) is 5.82 Å². The van der Waals surface area contributed by atoms with Gasteiger partial charge in [-0.15, -0.1) is 15.3 Å². The summed E-state index contributed by atoms with van der Waals surface area (Å²) in [7, 11) is 0. The number of aromatic nitrogens is 4. The molecule has 1 saturated heterocycles. The number of nitrogens with zero attached hydrogens (tertiary/aromatic N) is 5. The molecule has 3 heterocycles. The average molecular weight is 336 g/mol. The minimum Gasteiger partial charge on any atom is -0.389 e. The van der Waals surface area contributed by atoms with Crippen LogP contribution < -0.4 is 4.90 Å². The topological polar surface area (TPSA) is 66.5 Å². The van der Waals surface area contributed by atoms with E-state index in [1.165, 1.54) is 0 Å². The predicted octanol–water partition coefficient (Wildman–Crippen LogP) is 2.28. The van der Waals surface area contributed by atoms with Crippen LogP contribution in [0.5, 0.6) is 0 Å². The van der Waals surface area contributed by atoms with Crippen LogP contribution in [0.15, 0.2) is 30.3 Å². The molecule has 0 bridgehead atoms. The van der Waals surface area contributed by atoms with E-state index in [0.717, 1.165) is 11.4 Å². The van der Waals surface area contributed by atoms with E-state index in [4.69, 9.17) is 23.2 Å². The first-order chi connectivity index (χ1) is 10.6. The first-order valence-corrected chi connectivity index (χ1v) is 7.48. The highest BCUT2D eigenvalue weighted by Gasteiger charge is 2.26. The van der Waals surface area contributed by atoms with Crippen LogP contribution in [0.25, 0.3) is 17.0 Å². The molecule has 8 heteroatoms. The Bertz CT molecular complexity index is 839. The Balaban J connectivity index is 1.82. The summed E-state index contributed by atoms with van der Waals surface area (Å²) >= 11 is 12.1. The zero-order valence-electron chi connectivity index (χ0n) is 11.3. The highest BCUT2D eigenvalue weighted by atomic mass is 35.5. The van der Waals surface area contributed by atoms with Crippen LogP contribution >= 0.6 is 23.2 Å². The molecule has 0 atom stereocenters. The summed E-state index contributed by atoms with van der Waals surface area (Å²) in [5.74, 6) is 1.34. The van der Waals surface area contributed by atoms with E-state index >= 15 is 0 Å². The number of aliphatic hydroxyl groups excluding tert-OH is 1. The Labute approximate surface area is 135 Å². The molecular formula is C14H11Cl2N5O. The minimum atomic E-state index is -0.287. The second-order valence-electron chi connectivity index (χ2n) is 5.20. The molecule has 1 fully saturated rings. The third kappa shape index (κ3) is 2.29. The first kappa shape index (κ1) is 13.8. The molecule has 3 aromatic rings. The van der Waals surface area contributed by atoms with E-state index in [9.17, 15) is 5.11 Å². The molecular weight excluding hydrogens is 325 g/mol. The fourth-order valence-electron chi connectivity index (χ4n) is 2.45. The van der Waals surface area contributed by atoms with Crippen molar-refractivity contribution < 1.29 is 5.11 Å². The Morgan fingerprint density at radius 3 is 2.45 bits per heavy atom. The second kappa shape index (κ2) is 5.08. The molecule has 112 valence electrons. The van der Waals surface area contributed by atoms with Gasteiger partial charge in [0.05, 0.1) is 6.10 Å². The molecule has 0 unspecified atom stereocenters. The molecule has 0 spiro atoms. The van der Waals surface area contributed by atoms with Crippen molar-refractivity contribution >= 4 is 34.7 Å². The molecule has 0 saturated carbocycles. The maximum Gasteiger partial charge on any atom is 0.185 e. The number of hydrogen-bond donors (Lipinski definition) is 1. The van der Waals surface area contributed by atoms with E-state index in [2.05, 4.69) is 15.3 Å². The minimum absolute atomic E-state index is 0.287. The van der Waals surface area contributed by atoms with Crippen molar-refractivity contribution in [2.45, 2.75) is 6.10 Å². The van der Waals surface area contributed by atoms with E-state index in [1.807, 2.05) is 17.0 Å². The lowest BCUT2D eigenvalue weighted by Crippen LogP contribution is -2.51. The van der Waals surface area contributed by atoms with Gasteiger partial charge in [0.25, 0.3) is 0 Å². The predicted molar refractivity (Wildman–Crippen MR) is 84.5 cm³/mol. The standard InChI is InChI=1S/C14H11Cl2N5O/c15-9-3-8(4-10(16)5-9)14-18-17-12-1-2-13(19-21(12)14)20-6-11(22)7-20/h1-5,11,22H,6-7H2. The number of anilines is 1. The maximum absolute atomic E-state index is 9.42. The quantitative estimate of drug-likeness (QED) is 0.778. The highest BCUT2D eigenvalue weighted by molar-refractivity contribution is 6.35. The summed E-state index contributed by atoms with van der Waals surface area (Å²) in [4.78, 5) is 1.98. The zero-order valence-corrected chi connectivity index (χ0v) is 12.8. The summed E-state index contributed by atoms with van der Waals surface area (Å²) < 4.78 is 1.65. The van der Waals surface area contributed by atoms with Gasteiger partial charge in [0, 0.05) is 28.7 Å². The maximum atomic E-state index is 9.42. The van der Waals surface area contributed by atoms with Gasteiger partial charge in [0.2, 0.25) is 0 Å². The molecule has 0 aliphatic carbocycles. The number of fused-ring (bicyclic) bond motifs is 1. The van der Waals surface area contributed by atoms with Crippen molar-refractivity contribution in [1.29, 1.82) is 0 Å². The lowest BCUT2D eigenvalue weighted by molar-refractivity contribution is 0.141. The fourth-order valence-corrected chi connectivity index (χ4v) is 2.98. The number of β-amino-alcohol motifs (C(OH)–C–C–N with tert-alkyl or cyclic N) is 1. The summed E-state index contributed by atoms with van der Waals surface area (Å²) in [6, 6.07) is 8.91. The molecule has 1 aliphatic heterocycles. The van der Waals surface area contributed by atoms with Gasteiger partial charge in [-0.1, -0.05) is 23.2 Å². The van der Waals surface area contributed by atoms with E-state index in [0.29, 0.717) is 34.6 Å². The smallest absolute Gasteiger partial charge is 0.185 e. The van der Waals surface area contributed by atoms with Gasteiger partial charge >= 0.3 is 0 Å². The van der Waals surface area contributed by atoms with Crippen LogP contribution in [-0.4, -0.2) is 44.1 Å². The number of rotatable bonds is 2. The average Bonchev–Trinajstić information content (AvgIpc) is 2.85. The number of halogens is 2. The van der Waals surface area contributed by atoms with Gasteiger partial charge in [-0.3, -0.25) is 0 Å². The van der Waals surface area contributed by atoms with Gasteiger partial charge in [-0.2, -0.15) is 4.52 Å². The van der Waals surface area contributed by atoms with Crippen molar-refractivity contribution in [3.8, 4) is 11.4 Å². The van der Waals surface area contributed by atoms with E-state index in [-0.39, 0.29) is 6.10 Å². The highest BCUT2D eigenvalue weighted by Crippen LogP contribution is 2.27. The summed E-state index contributed by atoms with van der Waals surface area (Å²) in [5, 5.41) is 23.3. The van der Waals surface area contributed by atoms with Crippen LogP contribution in [0.4, 0.5) is 5.82 Å². The van der Waals surface area contributed by atoms with Crippen molar-refractivity contribution in [3.63, 3.8) is 0 Å². The summed E-state index contributed by atoms with van der Waals surface area (Å²) in [6.45, 7) is 1.16. The molecule has 1 aliphatic rings. The van der Waals surface area contributed by atoms with Gasteiger partial charge < -0.3 is 10.0 Å². The van der Waals surface area contributed by atoms with Crippen molar-refractivity contribution in [2.75, 3.05) is 18.0 Å². The molecule has 0 amide bonds. The first-order valence-electron chi connectivity index (χ1n) is 6.72. The Morgan fingerprint density at radius 2 is 1.77 bits per heavy atom. The van der Waals surface area contributed by atoms with Gasteiger partial charge in [-0.05, 0) is 30.3 Å². The number of benzene rings is 1. The molecule has 4 rings (SSSR count). The van der Waals surface area contributed by atoms with Crippen LogP contribution in [0.1, 0.15) is 0 Å². The molecule has 1 aromatic carbocycles. The molecule has 22 heavy (non-hydrogen) atoms. The zero-order chi connectivity index (χ0) is 15.3. The third-order valence-corrected chi connectivity index (χ3v) is 3.99. The largest absolute Gasteiger partial charge is 0.389 e. The van der Waals surface area contributed by atoms with Gasteiger partial charge in [0.15, 0.2) is 11.5 Å². The number of hydrogen-bond acceptors (Lipinski definition) is 5. The Hall–Kier alpha value is -1.89. The Morgan fingerprint density at radius 1 is 1.05 bits per heavy atom. The van der Waals surface area contributed by atoms with Crippen molar-refractivity contribution in [1.82, 2.24) is 19.8 Å². The monoisotopic (exact) mass is 335 g/mol. The SMILES string of the molecule is OC1CN(c2ccc3nnc(-c4cc(Cl)cc(Cl)c4)n3n2)C1. The fraction of sp³-hybridized carbons (Fsp3) is 0.214. The van der Waals surface area contributed by atoms with Crippen molar-refractivity contribution in [3.05, 3.63) is 40.4 Å². The van der Waals surface area contributed by atoms with Gasteiger partial charge in [-0.25, -0.2) is 0 Å². The normalized spacial score (nSPS) is 15.3. The summed E-state index contributed by atoms with van der Waals surface area (Å²) in [5.41, 5.74) is 1.38. The van der Waals surface area contributed by atoms with Crippen LogP contribution in [-0.2, 0) is 0 Å². The summed E-state index contributed by atoms with van der Waals surface area (Å²) in [6.07, 6.45) is -0.287. The van der Waals surface area contributed by atoms with Crippen molar-refractivity contribution in [2.24, 2.45) is 0 Å². The lowest BCUT2D eigenvalue weighted by atomic mass is 10.2. The van der Waals surface area contributed by atoms with Crippen LogP contribution in [0.2, 0.25) is 10.0 Å². The van der Waals surface area contributed by atoms with E-state index < -0.39 is 0 Å². The molecule has 0 radical (unpaired) electrons.